The molecule has 0 aliphatic carbocycles. The average molecular weight is 335 g/mol. The van der Waals surface area contributed by atoms with Crippen molar-refractivity contribution in [3.63, 3.8) is 0 Å². The number of aliphatic hydroxyl groups excluding tert-OH is 1. The molecular formula is C16H19ClN4O2. The van der Waals surface area contributed by atoms with Crippen molar-refractivity contribution >= 4 is 17.5 Å². The van der Waals surface area contributed by atoms with Crippen LogP contribution >= 0.6 is 11.6 Å². The molecule has 0 spiro atoms. The van der Waals surface area contributed by atoms with E-state index in [1.807, 2.05) is 35.8 Å². The number of aromatic nitrogens is 3. The van der Waals surface area contributed by atoms with Gasteiger partial charge in [-0.3, -0.25) is 4.79 Å². The number of carbonyl (C=O) groups is 1. The van der Waals surface area contributed by atoms with Crippen LogP contribution in [0.4, 0.5) is 0 Å². The number of hydrogen-bond donors (Lipinski definition) is 1. The molecule has 7 heteroatoms. The lowest BCUT2D eigenvalue weighted by atomic mass is 10.1. The number of halogens is 1. The topological polar surface area (TPSA) is 71.2 Å². The zero-order valence-electron chi connectivity index (χ0n) is 12.9. The molecule has 1 N–H and O–H groups in total. The molecule has 23 heavy (non-hydrogen) atoms. The molecule has 3 rings (SSSR count). The fourth-order valence-electron chi connectivity index (χ4n) is 2.91. The van der Waals surface area contributed by atoms with Crippen molar-refractivity contribution in [3.8, 4) is 0 Å². The molecule has 0 saturated heterocycles. The minimum atomic E-state index is -0.343. The summed E-state index contributed by atoms with van der Waals surface area (Å²) < 4.78 is 1.89. The number of aliphatic hydroxyl groups is 1. The molecule has 2 aromatic rings. The van der Waals surface area contributed by atoms with E-state index in [1.165, 1.54) is 0 Å². The minimum absolute atomic E-state index is 0.0301. The smallest absolute Gasteiger partial charge is 0.246 e. The van der Waals surface area contributed by atoms with Gasteiger partial charge in [-0.2, -0.15) is 0 Å². The predicted molar refractivity (Wildman–Crippen MR) is 85.8 cm³/mol. The third-order valence-corrected chi connectivity index (χ3v) is 4.47. The summed E-state index contributed by atoms with van der Waals surface area (Å²) in [7, 11) is 0. The second-order valence-corrected chi connectivity index (χ2v) is 6.10. The number of carbonyl (C=O) groups excluding carboxylic acids is 1. The van der Waals surface area contributed by atoms with Crippen molar-refractivity contribution in [2.75, 3.05) is 6.61 Å². The predicted octanol–water partition coefficient (Wildman–Crippen LogP) is 1.96. The normalized spacial score (nSPS) is 17.4. The number of amides is 1. The van der Waals surface area contributed by atoms with Gasteiger partial charge in [0.25, 0.3) is 0 Å². The number of nitrogens with zero attached hydrogens (tertiary/aromatic N) is 4. The van der Waals surface area contributed by atoms with Crippen molar-refractivity contribution < 1.29 is 9.90 Å². The molecule has 1 aromatic heterocycles. The summed E-state index contributed by atoms with van der Waals surface area (Å²) in [6, 6.07) is 7.19. The first kappa shape index (κ1) is 16.0. The lowest BCUT2D eigenvalue weighted by Crippen LogP contribution is -2.41. The van der Waals surface area contributed by atoms with Crippen LogP contribution in [0.3, 0.4) is 0 Å². The molecular weight excluding hydrogens is 316 g/mol. The van der Waals surface area contributed by atoms with Crippen molar-refractivity contribution in [3.05, 3.63) is 46.5 Å². The molecule has 2 heterocycles. The maximum absolute atomic E-state index is 12.7. The van der Waals surface area contributed by atoms with Gasteiger partial charge in [0.05, 0.1) is 6.54 Å². The second kappa shape index (κ2) is 6.68. The van der Waals surface area contributed by atoms with Crippen LogP contribution in [-0.2, 0) is 24.3 Å². The standard InChI is InChI=1S/C16H19ClN4O2/c1-11-16(23)20(9-12-5-2-3-6-13(12)17)10-15-19-18-14(21(11)15)7-4-8-22/h2-3,5-6,11,22H,4,7-10H2,1H3/t11-/m0/s1. The number of fused-ring (bicyclic) bond motifs is 1. The lowest BCUT2D eigenvalue weighted by Gasteiger charge is -2.32. The molecule has 0 radical (unpaired) electrons. The summed E-state index contributed by atoms with van der Waals surface area (Å²) in [5.41, 5.74) is 0.920. The highest BCUT2D eigenvalue weighted by atomic mass is 35.5. The Morgan fingerprint density at radius 1 is 1.35 bits per heavy atom. The maximum atomic E-state index is 12.7. The molecule has 0 saturated carbocycles. The van der Waals surface area contributed by atoms with E-state index in [0.717, 1.165) is 17.2 Å². The van der Waals surface area contributed by atoms with Crippen molar-refractivity contribution in [2.45, 2.75) is 38.9 Å². The number of aryl methyl sites for hydroxylation is 1. The van der Waals surface area contributed by atoms with Gasteiger partial charge in [0.2, 0.25) is 5.91 Å². The first-order valence-electron chi connectivity index (χ1n) is 7.67. The summed E-state index contributed by atoms with van der Waals surface area (Å²) >= 11 is 6.19. The molecule has 6 nitrogen and oxygen atoms in total. The molecule has 122 valence electrons. The van der Waals surface area contributed by atoms with Crippen LogP contribution in [0.25, 0.3) is 0 Å². The maximum Gasteiger partial charge on any atom is 0.246 e. The van der Waals surface area contributed by atoms with E-state index in [4.69, 9.17) is 16.7 Å². The van der Waals surface area contributed by atoms with E-state index in [1.54, 1.807) is 4.90 Å². The van der Waals surface area contributed by atoms with Crippen LogP contribution in [0.1, 0.15) is 36.6 Å². The van der Waals surface area contributed by atoms with Crippen LogP contribution in [0.15, 0.2) is 24.3 Å². The van der Waals surface area contributed by atoms with Gasteiger partial charge < -0.3 is 14.6 Å². The summed E-state index contributed by atoms with van der Waals surface area (Å²) in [5.74, 6) is 1.56. The van der Waals surface area contributed by atoms with E-state index < -0.39 is 0 Å². The monoisotopic (exact) mass is 334 g/mol. The van der Waals surface area contributed by atoms with Crippen molar-refractivity contribution in [1.29, 1.82) is 0 Å². The first-order chi connectivity index (χ1) is 11.1. The third kappa shape index (κ3) is 3.09. The Balaban J connectivity index is 1.83. The summed E-state index contributed by atoms with van der Waals surface area (Å²) in [6.45, 7) is 2.84. The summed E-state index contributed by atoms with van der Waals surface area (Å²) in [4.78, 5) is 14.4. The Kier molecular flexibility index (Phi) is 4.63. The first-order valence-corrected chi connectivity index (χ1v) is 8.05. The highest BCUT2D eigenvalue weighted by Crippen LogP contribution is 2.26. The average Bonchev–Trinajstić information content (AvgIpc) is 2.95. The fraction of sp³-hybridized carbons (Fsp3) is 0.438. The van der Waals surface area contributed by atoms with Crippen molar-refractivity contribution in [1.82, 2.24) is 19.7 Å². The van der Waals surface area contributed by atoms with E-state index in [2.05, 4.69) is 10.2 Å². The molecule has 0 fully saturated rings. The second-order valence-electron chi connectivity index (χ2n) is 5.69. The molecule has 1 amide bonds. The Labute approximate surface area is 139 Å². The van der Waals surface area contributed by atoms with Gasteiger partial charge in [0, 0.05) is 24.6 Å². The van der Waals surface area contributed by atoms with Crippen LogP contribution in [0.5, 0.6) is 0 Å². The Bertz CT molecular complexity index is 716. The van der Waals surface area contributed by atoms with Gasteiger partial charge in [-0.15, -0.1) is 10.2 Å². The highest BCUT2D eigenvalue weighted by molar-refractivity contribution is 6.31. The molecule has 0 unspecified atom stereocenters. The van der Waals surface area contributed by atoms with Gasteiger partial charge in [-0.05, 0) is 25.0 Å². The largest absolute Gasteiger partial charge is 0.396 e. The number of hydrogen-bond acceptors (Lipinski definition) is 4. The van der Waals surface area contributed by atoms with E-state index in [0.29, 0.717) is 31.0 Å². The van der Waals surface area contributed by atoms with Gasteiger partial charge in [0.15, 0.2) is 5.82 Å². The minimum Gasteiger partial charge on any atom is -0.396 e. The molecule has 0 bridgehead atoms. The molecule has 1 aromatic carbocycles. The van der Waals surface area contributed by atoms with Crippen LogP contribution < -0.4 is 0 Å². The highest BCUT2D eigenvalue weighted by Gasteiger charge is 2.33. The van der Waals surface area contributed by atoms with Crippen LogP contribution in [0, 0.1) is 0 Å². The molecule has 1 atom stereocenters. The van der Waals surface area contributed by atoms with Gasteiger partial charge in [-0.1, -0.05) is 29.8 Å². The quantitative estimate of drug-likeness (QED) is 0.907. The zero-order valence-corrected chi connectivity index (χ0v) is 13.7. The van der Waals surface area contributed by atoms with Gasteiger partial charge in [-0.25, -0.2) is 0 Å². The SMILES string of the molecule is C[C@H]1C(=O)N(Cc2ccccc2Cl)Cc2nnc(CCCO)n21. The molecule has 1 aliphatic rings. The van der Waals surface area contributed by atoms with E-state index >= 15 is 0 Å². The van der Waals surface area contributed by atoms with Crippen LogP contribution in [0.2, 0.25) is 5.02 Å². The Hall–Kier alpha value is -1.92. The number of benzene rings is 1. The van der Waals surface area contributed by atoms with Gasteiger partial charge >= 0.3 is 0 Å². The van der Waals surface area contributed by atoms with Crippen molar-refractivity contribution in [2.24, 2.45) is 0 Å². The Morgan fingerprint density at radius 2 is 2.13 bits per heavy atom. The zero-order chi connectivity index (χ0) is 16.4. The van der Waals surface area contributed by atoms with Gasteiger partial charge in [0.1, 0.15) is 11.9 Å². The third-order valence-electron chi connectivity index (χ3n) is 4.10. The fourth-order valence-corrected chi connectivity index (χ4v) is 3.11. The summed E-state index contributed by atoms with van der Waals surface area (Å²) in [5, 5.41) is 18.0. The van der Waals surface area contributed by atoms with E-state index in [-0.39, 0.29) is 18.6 Å². The van der Waals surface area contributed by atoms with E-state index in [9.17, 15) is 4.79 Å². The summed E-state index contributed by atoms with van der Waals surface area (Å²) in [6.07, 6.45) is 1.23. The van der Waals surface area contributed by atoms with Crippen LogP contribution in [-0.4, -0.2) is 37.3 Å². The molecule has 1 aliphatic heterocycles. The Morgan fingerprint density at radius 3 is 2.87 bits per heavy atom. The number of rotatable bonds is 5. The lowest BCUT2D eigenvalue weighted by molar-refractivity contribution is -0.137.